The van der Waals surface area contributed by atoms with Crippen molar-refractivity contribution < 1.29 is 9.22 Å². The lowest BCUT2D eigenvalue weighted by atomic mass is 9.88. The molecule has 0 unspecified atom stereocenters. The van der Waals surface area contributed by atoms with Crippen molar-refractivity contribution in [2.24, 2.45) is 0 Å². The quantitative estimate of drug-likeness (QED) is 0.789. The minimum atomic E-state index is -1.08. The Labute approximate surface area is 122 Å². The smallest absolute Gasteiger partial charge is 0.288 e. The first-order valence-electron chi connectivity index (χ1n) is 6.93. The molecule has 0 amide bonds. The highest BCUT2D eigenvalue weighted by Crippen LogP contribution is 2.34. The molecular weight excluding hydrogens is 264 g/mol. The van der Waals surface area contributed by atoms with Crippen LogP contribution in [0.1, 0.15) is 31.4 Å². The first-order valence-corrected chi connectivity index (χ1v) is 8.22. The van der Waals surface area contributed by atoms with E-state index < -0.39 is 9.76 Å². The van der Waals surface area contributed by atoms with E-state index in [4.69, 9.17) is 4.43 Å². The molecule has 0 N–H and O–H groups in total. The normalized spacial score (nSPS) is 11.7. The molecule has 0 aliphatic rings. The SMILES string of the molecule is CCC([SiH2]OC(C)=O)(c1ccccc1)c1ccccc1. The fraction of sp³-hybridized carbons (Fsp3) is 0.235. The van der Waals surface area contributed by atoms with Crippen LogP contribution in [0.5, 0.6) is 0 Å². The molecular formula is C17H20O2Si. The van der Waals surface area contributed by atoms with Crippen molar-refractivity contribution in [1.82, 2.24) is 0 Å². The van der Waals surface area contributed by atoms with Crippen molar-refractivity contribution in [2.75, 3.05) is 0 Å². The Morgan fingerprint density at radius 1 is 1.00 bits per heavy atom. The fourth-order valence-corrected chi connectivity index (χ4v) is 4.04. The van der Waals surface area contributed by atoms with Gasteiger partial charge in [-0.1, -0.05) is 67.6 Å². The zero-order valence-corrected chi connectivity index (χ0v) is 13.4. The van der Waals surface area contributed by atoms with Crippen LogP contribution in [0.15, 0.2) is 60.7 Å². The zero-order valence-electron chi connectivity index (χ0n) is 12.0. The number of carbonyl (C=O) groups is 1. The maximum atomic E-state index is 11.3. The number of rotatable bonds is 5. The minimum absolute atomic E-state index is 0.145. The van der Waals surface area contributed by atoms with Crippen molar-refractivity contribution in [1.29, 1.82) is 0 Å². The lowest BCUT2D eigenvalue weighted by Crippen LogP contribution is -2.36. The second-order valence-electron chi connectivity index (χ2n) is 4.95. The number of hydrogen-bond acceptors (Lipinski definition) is 2. The zero-order chi connectivity index (χ0) is 14.4. The van der Waals surface area contributed by atoms with Gasteiger partial charge in [-0.05, 0) is 17.5 Å². The van der Waals surface area contributed by atoms with Crippen molar-refractivity contribution in [2.45, 2.75) is 25.3 Å². The highest BCUT2D eigenvalue weighted by molar-refractivity contribution is 6.37. The molecule has 0 saturated carbocycles. The number of benzene rings is 2. The van der Waals surface area contributed by atoms with Crippen LogP contribution in [0.25, 0.3) is 0 Å². The van der Waals surface area contributed by atoms with E-state index in [1.165, 1.54) is 18.1 Å². The van der Waals surface area contributed by atoms with Gasteiger partial charge in [-0.25, -0.2) is 0 Å². The van der Waals surface area contributed by atoms with Crippen molar-refractivity contribution >= 4 is 15.7 Å². The molecule has 0 bridgehead atoms. The Balaban J connectivity index is 2.49. The van der Waals surface area contributed by atoms with E-state index in [2.05, 4.69) is 31.2 Å². The maximum absolute atomic E-state index is 11.3. The molecule has 0 aliphatic heterocycles. The Hall–Kier alpha value is -1.87. The highest BCUT2D eigenvalue weighted by atomic mass is 28.2. The van der Waals surface area contributed by atoms with Crippen LogP contribution in [-0.2, 0) is 14.3 Å². The Bertz CT molecular complexity index is 512. The molecule has 0 aliphatic carbocycles. The van der Waals surface area contributed by atoms with Gasteiger partial charge in [0, 0.05) is 12.0 Å². The first-order chi connectivity index (χ1) is 9.69. The molecule has 0 spiro atoms. The van der Waals surface area contributed by atoms with Gasteiger partial charge in [-0.3, -0.25) is 4.79 Å². The lowest BCUT2D eigenvalue weighted by molar-refractivity contribution is -0.132. The molecule has 0 saturated heterocycles. The summed E-state index contributed by atoms with van der Waals surface area (Å²) < 4.78 is 5.51. The van der Waals surface area contributed by atoms with E-state index in [0.717, 1.165) is 6.42 Å². The number of hydrogen-bond donors (Lipinski definition) is 0. The van der Waals surface area contributed by atoms with E-state index in [1.54, 1.807) is 0 Å². The van der Waals surface area contributed by atoms with Crippen molar-refractivity contribution in [3.63, 3.8) is 0 Å². The molecule has 2 rings (SSSR count). The predicted molar refractivity (Wildman–Crippen MR) is 84.3 cm³/mol. The van der Waals surface area contributed by atoms with Gasteiger partial charge in [0.1, 0.15) is 0 Å². The number of carbonyl (C=O) groups excluding carboxylic acids is 1. The van der Waals surface area contributed by atoms with Crippen LogP contribution in [-0.4, -0.2) is 15.7 Å². The predicted octanol–water partition coefficient (Wildman–Crippen LogP) is 2.99. The summed E-state index contributed by atoms with van der Waals surface area (Å²) in [6.45, 7) is 3.65. The molecule has 0 atom stereocenters. The van der Waals surface area contributed by atoms with E-state index in [0.29, 0.717) is 0 Å². The lowest BCUT2D eigenvalue weighted by Gasteiger charge is -2.33. The first kappa shape index (κ1) is 14.5. The van der Waals surface area contributed by atoms with Crippen molar-refractivity contribution in [3.05, 3.63) is 71.8 Å². The van der Waals surface area contributed by atoms with Gasteiger partial charge >= 0.3 is 0 Å². The third-order valence-corrected chi connectivity index (χ3v) is 6.14. The van der Waals surface area contributed by atoms with Gasteiger partial charge < -0.3 is 4.43 Å². The van der Waals surface area contributed by atoms with Crippen LogP contribution in [0.4, 0.5) is 0 Å². The molecule has 0 aromatic heterocycles. The summed E-state index contributed by atoms with van der Waals surface area (Å²) in [4.78, 5) is 11.3. The Morgan fingerprint density at radius 3 is 1.80 bits per heavy atom. The largest absolute Gasteiger partial charge is 0.524 e. The molecule has 2 aromatic rings. The minimum Gasteiger partial charge on any atom is -0.524 e. The van der Waals surface area contributed by atoms with Gasteiger partial charge in [0.15, 0.2) is 0 Å². The molecule has 20 heavy (non-hydrogen) atoms. The van der Waals surface area contributed by atoms with Gasteiger partial charge in [-0.15, -0.1) is 0 Å². The van der Waals surface area contributed by atoms with Gasteiger partial charge in [0.05, 0.1) is 0 Å². The van der Waals surface area contributed by atoms with Gasteiger partial charge in [0.2, 0.25) is 9.76 Å². The molecule has 0 radical (unpaired) electrons. The average Bonchev–Trinajstić information content (AvgIpc) is 2.50. The molecule has 2 aromatic carbocycles. The average molecular weight is 284 g/mol. The van der Waals surface area contributed by atoms with Crippen LogP contribution in [0, 0.1) is 0 Å². The second kappa shape index (κ2) is 6.53. The van der Waals surface area contributed by atoms with Crippen LogP contribution in [0.3, 0.4) is 0 Å². The van der Waals surface area contributed by atoms with Crippen LogP contribution in [0.2, 0.25) is 0 Å². The Kier molecular flexibility index (Phi) is 4.74. The highest BCUT2D eigenvalue weighted by Gasteiger charge is 2.34. The summed E-state index contributed by atoms with van der Waals surface area (Å²) in [6, 6.07) is 20.7. The molecule has 2 nitrogen and oxygen atoms in total. The van der Waals surface area contributed by atoms with E-state index in [-0.39, 0.29) is 11.0 Å². The summed E-state index contributed by atoms with van der Waals surface area (Å²) in [5.41, 5.74) is 2.48. The third kappa shape index (κ3) is 2.99. The summed E-state index contributed by atoms with van der Waals surface area (Å²) in [5, 5.41) is -0.145. The molecule has 3 heteroatoms. The van der Waals surface area contributed by atoms with Crippen molar-refractivity contribution in [3.8, 4) is 0 Å². The standard InChI is InChI=1S/C17H20O2Si/c1-3-17(20-19-14(2)18,15-10-6-4-7-11-15)16-12-8-5-9-13-16/h4-13H,3,20H2,1-2H3. The van der Waals surface area contributed by atoms with E-state index >= 15 is 0 Å². The summed E-state index contributed by atoms with van der Waals surface area (Å²) in [7, 11) is -1.08. The monoisotopic (exact) mass is 284 g/mol. The summed E-state index contributed by atoms with van der Waals surface area (Å²) >= 11 is 0. The summed E-state index contributed by atoms with van der Waals surface area (Å²) in [6.07, 6.45) is 0.931. The van der Waals surface area contributed by atoms with Crippen LogP contribution >= 0.6 is 0 Å². The van der Waals surface area contributed by atoms with Gasteiger partial charge in [-0.2, -0.15) is 0 Å². The van der Waals surface area contributed by atoms with Crippen LogP contribution < -0.4 is 0 Å². The second-order valence-corrected chi connectivity index (χ2v) is 6.73. The van der Waals surface area contributed by atoms with E-state index in [9.17, 15) is 4.79 Å². The third-order valence-electron chi connectivity index (χ3n) is 3.78. The molecule has 0 heterocycles. The summed E-state index contributed by atoms with van der Waals surface area (Å²) in [5.74, 6) is -0.179. The molecule has 0 fully saturated rings. The topological polar surface area (TPSA) is 26.3 Å². The Morgan fingerprint density at radius 2 is 1.45 bits per heavy atom. The maximum Gasteiger partial charge on any atom is 0.288 e. The fourth-order valence-electron chi connectivity index (χ4n) is 2.58. The molecule has 104 valence electrons. The van der Waals surface area contributed by atoms with E-state index in [1.807, 2.05) is 36.4 Å². The van der Waals surface area contributed by atoms with Gasteiger partial charge in [0.25, 0.3) is 5.97 Å².